The van der Waals surface area contributed by atoms with E-state index in [0.717, 1.165) is 31.4 Å². The zero-order chi connectivity index (χ0) is 18.2. The second-order valence-electron chi connectivity index (χ2n) is 6.63. The Balaban J connectivity index is 1.79. The molecular weight excluding hydrogens is 326 g/mol. The Morgan fingerprint density at radius 1 is 1.00 bits per heavy atom. The van der Waals surface area contributed by atoms with Crippen molar-refractivity contribution in [2.45, 2.75) is 51.9 Å². The number of carbonyl (C=O) groups is 2. The SMILES string of the molecule is CCCCCNC(=O)C1CCC(C(=O)Nc2c(F)cccc2F)CC1. The van der Waals surface area contributed by atoms with E-state index in [-0.39, 0.29) is 23.7 Å². The summed E-state index contributed by atoms with van der Waals surface area (Å²) < 4.78 is 27.2. The lowest BCUT2D eigenvalue weighted by Crippen LogP contribution is -2.36. The zero-order valence-corrected chi connectivity index (χ0v) is 14.6. The maximum atomic E-state index is 13.6. The first-order chi connectivity index (χ1) is 12.0. The molecule has 1 aliphatic carbocycles. The molecule has 2 N–H and O–H groups in total. The van der Waals surface area contributed by atoms with Crippen molar-refractivity contribution in [3.63, 3.8) is 0 Å². The number of hydrogen-bond donors (Lipinski definition) is 2. The van der Waals surface area contributed by atoms with E-state index in [9.17, 15) is 18.4 Å². The normalized spacial score (nSPS) is 20.1. The third kappa shape index (κ3) is 5.51. The Hall–Kier alpha value is -1.98. The van der Waals surface area contributed by atoms with Crippen LogP contribution in [0.15, 0.2) is 18.2 Å². The molecule has 1 aromatic rings. The van der Waals surface area contributed by atoms with Gasteiger partial charge in [-0.1, -0.05) is 25.8 Å². The van der Waals surface area contributed by atoms with Gasteiger partial charge in [-0.05, 0) is 44.2 Å². The predicted molar refractivity (Wildman–Crippen MR) is 93.0 cm³/mol. The van der Waals surface area contributed by atoms with Gasteiger partial charge in [0, 0.05) is 18.4 Å². The van der Waals surface area contributed by atoms with Crippen molar-refractivity contribution in [1.29, 1.82) is 0 Å². The minimum absolute atomic E-state index is 0.0510. The summed E-state index contributed by atoms with van der Waals surface area (Å²) in [6.45, 7) is 2.81. The molecule has 4 nitrogen and oxygen atoms in total. The molecule has 2 amide bonds. The van der Waals surface area contributed by atoms with Gasteiger partial charge in [0.1, 0.15) is 17.3 Å². The third-order valence-corrected chi connectivity index (χ3v) is 4.76. The molecule has 25 heavy (non-hydrogen) atoms. The smallest absolute Gasteiger partial charge is 0.227 e. The van der Waals surface area contributed by atoms with Crippen LogP contribution in [0, 0.1) is 23.5 Å². The minimum Gasteiger partial charge on any atom is -0.356 e. The largest absolute Gasteiger partial charge is 0.356 e. The monoisotopic (exact) mass is 352 g/mol. The van der Waals surface area contributed by atoms with E-state index in [1.807, 2.05) is 0 Å². The highest BCUT2D eigenvalue weighted by molar-refractivity contribution is 5.93. The number of nitrogens with one attached hydrogen (secondary N) is 2. The van der Waals surface area contributed by atoms with Crippen molar-refractivity contribution in [3.05, 3.63) is 29.8 Å². The molecule has 0 heterocycles. The van der Waals surface area contributed by atoms with Crippen molar-refractivity contribution >= 4 is 17.5 Å². The Morgan fingerprint density at radius 2 is 1.56 bits per heavy atom. The second-order valence-corrected chi connectivity index (χ2v) is 6.63. The van der Waals surface area contributed by atoms with E-state index >= 15 is 0 Å². The van der Waals surface area contributed by atoms with Crippen LogP contribution in [0.2, 0.25) is 0 Å². The average Bonchev–Trinajstić information content (AvgIpc) is 2.62. The quantitative estimate of drug-likeness (QED) is 0.728. The van der Waals surface area contributed by atoms with Gasteiger partial charge in [0.05, 0.1) is 0 Å². The number of hydrogen-bond acceptors (Lipinski definition) is 2. The van der Waals surface area contributed by atoms with E-state index in [1.54, 1.807) is 0 Å². The molecule has 0 radical (unpaired) electrons. The number of rotatable bonds is 7. The van der Waals surface area contributed by atoms with E-state index in [1.165, 1.54) is 6.07 Å². The van der Waals surface area contributed by atoms with Gasteiger partial charge in [-0.3, -0.25) is 9.59 Å². The third-order valence-electron chi connectivity index (χ3n) is 4.76. The van der Waals surface area contributed by atoms with E-state index < -0.39 is 17.3 Å². The summed E-state index contributed by atoms with van der Waals surface area (Å²) >= 11 is 0. The topological polar surface area (TPSA) is 58.2 Å². The summed E-state index contributed by atoms with van der Waals surface area (Å²) in [6.07, 6.45) is 5.53. The summed E-state index contributed by atoms with van der Waals surface area (Å²) in [6, 6.07) is 3.47. The van der Waals surface area contributed by atoms with Gasteiger partial charge in [-0.25, -0.2) is 8.78 Å². The van der Waals surface area contributed by atoms with Gasteiger partial charge in [0.2, 0.25) is 11.8 Å². The van der Waals surface area contributed by atoms with Crippen LogP contribution >= 0.6 is 0 Å². The number of benzene rings is 1. The standard InChI is InChI=1S/C19H26F2N2O2/c1-2-3-4-12-22-18(24)13-8-10-14(11-9-13)19(25)23-17-15(20)6-5-7-16(17)21/h5-7,13-14H,2-4,8-12H2,1H3,(H,22,24)(H,23,25). The fourth-order valence-corrected chi connectivity index (χ4v) is 3.19. The first kappa shape index (κ1) is 19.3. The van der Waals surface area contributed by atoms with Crippen LogP contribution in [-0.2, 0) is 9.59 Å². The zero-order valence-electron chi connectivity index (χ0n) is 14.6. The number of anilines is 1. The number of halogens is 2. The molecule has 0 atom stereocenters. The van der Waals surface area contributed by atoms with E-state index in [2.05, 4.69) is 17.6 Å². The number of amides is 2. The summed E-state index contributed by atoms with van der Waals surface area (Å²) in [5.74, 6) is -2.29. The van der Waals surface area contributed by atoms with Crippen molar-refractivity contribution in [3.8, 4) is 0 Å². The molecule has 138 valence electrons. The molecule has 0 bridgehead atoms. The fourth-order valence-electron chi connectivity index (χ4n) is 3.19. The summed E-state index contributed by atoms with van der Waals surface area (Å²) in [4.78, 5) is 24.4. The maximum Gasteiger partial charge on any atom is 0.227 e. The first-order valence-corrected chi connectivity index (χ1v) is 9.05. The van der Waals surface area contributed by atoms with Crippen LogP contribution in [0.1, 0.15) is 51.9 Å². The lowest BCUT2D eigenvalue weighted by atomic mass is 9.81. The summed E-state index contributed by atoms with van der Waals surface area (Å²) in [7, 11) is 0. The molecule has 0 unspecified atom stereocenters. The Bertz CT molecular complexity index is 579. The highest BCUT2D eigenvalue weighted by Crippen LogP contribution is 2.30. The van der Waals surface area contributed by atoms with E-state index in [4.69, 9.17) is 0 Å². The van der Waals surface area contributed by atoms with Gasteiger partial charge in [0.15, 0.2) is 0 Å². The molecule has 6 heteroatoms. The lowest BCUT2D eigenvalue weighted by molar-refractivity contribution is -0.128. The molecule has 1 fully saturated rings. The Kier molecular flexibility index (Phi) is 7.34. The summed E-state index contributed by atoms with van der Waals surface area (Å²) in [5.41, 5.74) is -0.400. The molecule has 2 rings (SSSR count). The molecular formula is C19H26F2N2O2. The van der Waals surface area contributed by atoms with Gasteiger partial charge in [-0.15, -0.1) is 0 Å². The number of carbonyl (C=O) groups excluding carboxylic acids is 2. The molecule has 0 aliphatic heterocycles. The van der Waals surface area contributed by atoms with Crippen molar-refractivity contribution in [2.75, 3.05) is 11.9 Å². The van der Waals surface area contributed by atoms with Crippen molar-refractivity contribution in [2.24, 2.45) is 11.8 Å². The van der Waals surface area contributed by atoms with Crippen LogP contribution < -0.4 is 10.6 Å². The van der Waals surface area contributed by atoms with Crippen molar-refractivity contribution < 1.29 is 18.4 Å². The Labute approximate surface area is 147 Å². The van der Waals surface area contributed by atoms with Gasteiger partial charge in [-0.2, -0.15) is 0 Å². The number of para-hydroxylation sites is 1. The second kappa shape index (κ2) is 9.49. The summed E-state index contributed by atoms with van der Waals surface area (Å²) in [5, 5.41) is 5.30. The minimum atomic E-state index is -0.784. The maximum absolute atomic E-state index is 13.6. The molecule has 0 aromatic heterocycles. The van der Waals surface area contributed by atoms with Crippen LogP contribution in [0.3, 0.4) is 0 Å². The highest BCUT2D eigenvalue weighted by Gasteiger charge is 2.30. The highest BCUT2D eigenvalue weighted by atomic mass is 19.1. The molecule has 1 saturated carbocycles. The van der Waals surface area contributed by atoms with Crippen LogP contribution in [0.25, 0.3) is 0 Å². The Morgan fingerprint density at radius 3 is 2.12 bits per heavy atom. The molecule has 1 aromatic carbocycles. The molecule has 1 aliphatic rings. The van der Waals surface area contributed by atoms with Gasteiger partial charge >= 0.3 is 0 Å². The van der Waals surface area contributed by atoms with Gasteiger partial charge < -0.3 is 10.6 Å². The predicted octanol–water partition coefficient (Wildman–Crippen LogP) is 4.02. The molecule has 0 saturated heterocycles. The van der Waals surface area contributed by atoms with Crippen LogP contribution in [0.4, 0.5) is 14.5 Å². The first-order valence-electron chi connectivity index (χ1n) is 9.05. The number of unbranched alkanes of at least 4 members (excludes halogenated alkanes) is 2. The molecule has 0 spiro atoms. The van der Waals surface area contributed by atoms with Crippen LogP contribution in [0.5, 0.6) is 0 Å². The average molecular weight is 352 g/mol. The fraction of sp³-hybridized carbons (Fsp3) is 0.579. The lowest BCUT2D eigenvalue weighted by Gasteiger charge is -2.27. The van der Waals surface area contributed by atoms with Crippen LogP contribution in [-0.4, -0.2) is 18.4 Å². The van der Waals surface area contributed by atoms with Crippen molar-refractivity contribution in [1.82, 2.24) is 5.32 Å². The van der Waals surface area contributed by atoms with Gasteiger partial charge in [0.25, 0.3) is 0 Å². The van der Waals surface area contributed by atoms with E-state index in [0.29, 0.717) is 32.2 Å².